The van der Waals surface area contributed by atoms with Crippen LogP contribution in [0.1, 0.15) is 23.7 Å². The van der Waals surface area contributed by atoms with E-state index in [0.717, 1.165) is 10.7 Å². The minimum absolute atomic E-state index is 0.0991. The van der Waals surface area contributed by atoms with Crippen molar-refractivity contribution in [2.45, 2.75) is 26.0 Å². The minimum atomic E-state index is -0.495. The molecule has 0 radical (unpaired) electrons. The number of carbonyl (C=O) groups is 1. The molecule has 0 aromatic carbocycles. The number of aryl methyl sites for hydroxylation is 1. The quantitative estimate of drug-likeness (QED) is 0.878. The second-order valence-corrected chi connectivity index (χ2v) is 5.02. The first-order valence-corrected chi connectivity index (χ1v) is 6.46. The van der Waals surface area contributed by atoms with Crippen LogP contribution in [-0.4, -0.2) is 36.8 Å². The van der Waals surface area contributed by atoms with Gasteiger partial charge in [0.1, 0.15) is 0 Å². The molecule has 1 N–H and O–H groups in total. The van der Waals surface area contributed by atoms with Crippen LogP contribution < -0.4 is 5.32 Å². The van der Waals surface area contributed by atoms with Crippen LogP contribution in [-0.2, 0) is 14.3 Å². The average molecular weight is 256 g/mol. The summed E-state index contributed by atoms with van der Waals surface area (Å²) in [7, 11) is 0. The molecule has 1 aliphatic rings. The van der Waals surface area contributed by atoms with E-state index in [1.165, 1.54) is 0 Å². The van der Waals surface area contributed by atoms with E-state index in [1.54, 1.807) is 11.3 Å². The Kier molecular flexibility index (Phi) is 4.09. The van der Waals surface area contributed by atoms with Gasteiger partial charge in [0.15, 0.2) is 6.10 Å². The Morgan fingerprint density at radius 3 is 3.06 bits per heavy atom. The summed E-state index contributed by atoms with van der Waals surface area (Å²) < 4.78 is 10.5. The molecular formula is C11H16N2O3S. The maximum Gasteiger partial charge on any atom is 0.252 e. The zero-order chi connectivity index (χ0) is 12.3. The van der Waals surface area contributed by atoms with Gasteiger partial charge in [-0.1, -0.05) is 0 Å². The van der Waals surface area contributed by atoms with Crippen molar-refractivity contribution in [3.63, 3.8) is 0 Å². The van der Waals surface area contributed by atoms with Crippen LogP contribution in [0.15, 0.2) is 5.38 Å². The number of rotatable bonds is 3. The Bertz CT molecular complexity index is 388. The third-order valence-electron chi connectivity index (χ3n) is 2.55. The van der Waals surface area contributed by atoms with Gasteiger partial charge in [0.05, 0.1) is 36.6 Å². The number of aromatic nitrogens is 1. The zero-order valence-corrected chi connectivity index (χ0v) is 10.8. The molecule has 1 aliphatic heterocycles. The Morgan fingerprint density at radius 1 is 1.65 bits per heavy atom. The van der Waals surface area contributed by atoms with Gasteiger partial charge < -0.3 is 14.8 Å². The fraction of sp³-hybridized carbons (Fsp3) is 0.636. The molecule has 2 rings (SSSR count). The Morgan fingerprint density at radius 2 is 2.47 bits per heavy atom. The lowest BCUT2D eigenvalue weighted by Gasteiger charge is -2.23. The summed E-state index contributed by atoms with van der Waals surface area (Å²) >= 11 is 1.58. The van der Waals surface area contributed by atoms with Crippen molar-refractivity contribution in [2.75, 3.05) is 19.8 Å². The van der Waals surface area contributed by atoms with Gasteiger partial charge in [-0.2, -0.15) is 0 Å². The first-order chi connectivity index (χ1) is 8.16. The predicted molar refractivity (Wildman–Crippen MR) is 64.0 cm³/mol. The van der Waals surface area contributed by atoms with Crippen molar-refractivity contribution < 1.29 is 14.3 Å². The molecule has 1 saturated heterocycles. The number of hydrogen-bond acceptors (Lipinski definition) is 5. The molecule has 5 nitrogen and oxygen atoms in total. The van der Waals surface area contributed by atoms with Crippen molar-refractivity contribution in [3.8, 4) is 0 Å². The van der Waals surface area contributed by atoms with Crippen LogP contribution in [0.5, 0.6) is 0 Å². The van der Waals surface area contributed by atoms with Crippen molar-refractivity contribution >= 4 is 17.2 Å². The smallest absolute Gasteiger partial charge is 0.252 e. The number of thiazole rings is 1. The standard InChI is InChI=1S/C11H16N2O3S/c1-7(9-6-17-8(2)13-9)12-11(14)10-5-15-3-4-16-10/h6-7,10H,3-5H2,1-2H3,(H,12,14). The molecule has 0 aliphatic carbocycles. The molecule has 6 heteroatoms. The topological polar surface area (TPSA) is 60.5 Å². The predicted octanol–water partition coefficient (Wildman–Crippen LogP) is 1.04. The summed E-state index contributed by atoms with van der Waals surface area (Å²) in [5, 5.41) is 5.83. The van der Waals surface area contributed by atoms with Gasteiger partial charge in [-0.3, -0.25) is 4.79 Å². The van der Waals surface area contributed by atoms with Gasteiger partial charge in [-0.05, 0) is 13.8 Å². The van der Waals surface area contributed by atoms with Crippen molar-refractivity contribution in [1.29, 1.82) is 0 Å². The molecule has 1 fully saturated rings. The lowest BCUT2D eigenvalue weighted by atomic mass is 10.2. The summed E-state index contributed by atoms with van der Waals surface area (Å²) in [6, 6.07) is -0.0991. The zero-order valence-electron chi connectivity index (χ0n) is 9.93. The molecule has 1 aromatic heterocycles. The second-order valence-electron chi connectivity index (χ2n) is 3.96. The second kappa shape index (κ2) is 5.57. The Balaban J connectivity index is 1.89. The molecule has 2 atom stereocenters. The van der Waals surface area contributed by atoms with E-state index in [-0.39, 0.29) is 11.9 Å². The van der Waals surface area contributed by atoms with Gasteiger partial charge in [0.25, 0.3) is 5.91 Å². The van der Waals surface area contributed by atoms with Gasteiger partial charge in [0, 0.05) is 5.38 Å². The summed E-state index contributed by atoms with van der Waals surface area (Å²) in [6.45, 7) is 5.22. The fourth-order valence-electron chi connectivity index (χ4n) is 1.60. The maximum atomic E-state index is 11.8. The molecule has 2 unspecified atom stereocenters. The number of hydrogen-bond donors (Lipinski definition) is 1. The Labute approximate surface area is 104 Å². The highest BCUT2D eigenvalue weighted by atomic mass is 32.1. The van der Waals surface area contributed by atoms with Crippen molar-refractivity contribution in [1.82, 2.24) is 10.3 Å². The molecule has 1 aromatic rings. The van der Waals surface area contributed by atoms with Gasteiger partial charge in [-0.25, -0.2) is 4.98 Å². The summed E-state index contributed by atoms with van der Waals surface area (Å²) in [5.41, 5.74) is 0.887. The highest BCUT2D eigenvalue weighted by Crippen LogP contribution is 2.16. The van der Waals surface area contributed by atoms with Crippen LogP contribution >= 0.6 is 11.3 Å². The number of carbonyl (C=O) groups excluding carboxylic acids is 1. The van der Waals surface area contributed by atoms with E-state index >= 15 is 0 Å². The number of nitrogens with zero attached hydrogens (tertiary/aromatic N) is 1. The molecule has 0 bridgehead atoms. The van der Waals surface area contributed by atoms with Crippen LogP contribution in [0.25, 0.3) is 0 Å². The van der Waals surface area contributed by atoms with Crippen molar-refractivity contribution in [2.24, 2.45) is 0 Å². The third-order valence-corrected chi connectivity index (χ3v) is 3.34. The largest absolute Gasteiger partial charge is 0.376 e. The van der Waals surface area contributed by atoms with Crippen LogP contribution in [0.3, 0.4) is 0 Å². The van der Waals surface area contributed by atoms with E-state index in [1.807, 2.05) is 19.2 Å². The van der Waals surface area contributed by atoms with Gasteiger partial charge in [0.2, 0.25) is 0 Å². The first-order valence-electron chi connectivity index (χ1n) is 5.58. The highest BCUT2D eigenvalue weighted by Gasteiger charge is 2.24. The number of nitrogens with one attached hydrogen (secondary N) is 1. The lowest BCUT2D eigenvalue weighted by molar-refractivity contribution is -0.148. The lowest BCUT2D eigenvalue weighted by Crippen LogP contribution is -2.43. The number of ether oxygens (including phenoxy) is 2. The van der Waals surface area contributed by atoms with E-state index in [4.69, 9.17) is 9.47 Å². The monoisotopic (exact) mass is 256 g/mol. The SMILES string of the molecule is Cc1nc(C(C)NC(=O)C2COCCO2)cs1. The summed E-state index contributed by atoms with van der Waals surface area (Å²) in [4.78, 5) is 16.2. The summed E-state index contributed by atoms with van der Waals surface area (Å²) in [5.74, 6) is -0.136. The Hall–Kier alpha value is -0.980. The van der Waals surface area contributed by atoms with Gasteiger partial charge >= 0.3 is 0 Å². The van der Waals surface area contributed by atoms with E-state index < -0.39 is 6.10 Å². The van der Waals surface area contributed by atoms with E-state index in [9.17, 15) is 4.79 Å². The maximum absolute atomic E-state index is 11.8. The number of amides is 1. The van der Waals surface area contributed by atoms with Gasteiger partial charge in [-0.15, -0.1) is 11.3 Å². The van der Waals surface area contributed by atoms with Crippen LogP contribution in [0, 0.1) is 6.92 Å². The highest BCUT2D eigenvalue weighted by molar-refractivity contribution is 7.09. The molecule has 2 heterocycles. The molecule has 1 amide bonds. The van der Waals surface area contributed by atoms with Crippen LogP contribution in [0.4, 0.5) is 0 Å². The minimum Gasteiger partial charge on any atom is -0.376 e. The van der Waals surface area contributed by atoms with E-state index in [2.05, 4.69) is 10.3 Å². The molecule has 94 valence electrons. The molecule has 17 heavy (non-hydrogen) atoms. The average Bonchev–Trinajstić information content (AvgIpc) is 2.77. The normalized spacial score (nSPS) is 22.1. The third kappa shape index (κ3) is 3.24. The molecule has 0 spiro atoms. The summed E-state index contributed by atoms with van der Waals surface area (Å²) in [6.07, 6.45) is -0.495. The fourth-order valence-corrected chi connectivity index (χ4v) is 2.30. The molecule has 0 saturated carbocycles. The van der Waals surface area contributed by atoms with Crippen molar-refractivity contribution in [3.05, 3.63) is 16.1 Å². The van der Waals surface area contributed by atoms with Crippen LogP contribution in [0.2, 0.25) is 0 Å². The first kappa shape index (κ1) is 12.5. The van der Waals surface area contributed by atoms with E-state index in [0.29, 0.717) is 19.8 Å². The molecular weight excluding hydrogens is 240 g/mol.